The van der Waals surface area contributed by atoms with Crippen LogP contribution in [-0.2, 0) is 0 Å². The lowest BCUT2D eigenvalue weighted by atomic mass is 10.2. The van der Waals surface area contributed by atoms with E-state index in [2.05, 4.69) is 28.1 Å². The molecule has 3 nitrogen and oxygen atoms in total. The molecular formula is C12H11N3S. The van der Waals surface area contributed by atoms with E-state index in [1.54, 1.807) is 12.4 Å². The lowest BCUT2D eigenvalue weighted by Gasteiger charge is -1.99. The lowest BCUT2D eigenvalue weighted by molar-refractivity contribution is 1.23. The zero-order valence-corrected chi connectivity index (χ0v) is 9.43. The van der Waals surface area contributed by atoms with Crippen LogP contribution in [-0.4, -0.2) is 11.2 Å². The predicted octanol–water partition coefficient (Wildman–Crippen LogP) is 2.82. The third-order valence-electron chi connectivity index (χ3n) is 1.98. The highest BCUT2D eigenvalue weighted by molar-refractivity contribution is 7.80. The van der Waals surface area contributed by atoms with E-state index in [0.717, 1.165) is 16.3 Å². The second-order valence-corrected chi connectivity index (χ2v) is 3.63. The van der Waals surface area contributed by atoms with Crippen LogP contribution in [0.5, 0.6) is 0 Å². The van der Waals surface area contributed by atoms with E-state index in [9.17, 15) is 0 Å². The third-order valence-corrected chi connectivity index (χ3v) is 2.39. The maximum atomic E-state index is 4.32. The second kappa shape index (κ2) is 5.32. The van der Waals surface area contributed by atoms with Crippen LogP contribution in [0.3, 0.4) is 0 Å². The van der Waals surface area contributed by atoms with Crippen LogP contribution in [0, 0.1) is 0 Å². The van der Waals surface area contributed by atoms with E-state index >= 15 is 0 Å². The Morgan fingerprint density at radius 2 is 1.94 bits per heavy atom. The minimum absolute atomic E-state index is 0.718. The van der Waals surface area contributed by atoms with Gasteiger partial charge < -0.3 is 0 Å². The van der Waals surface area contributed by atoms with E-state index in [-0.39, 0.29) is 0 Å². The van der Waals surface area contributed by atoms with Crippen molar-refractivity contribution < 1.29 is 0 Å². The van der Waals surface area contributed by atoms with Crippen molar-refractivity contribution in [2.24, 2.45) is 5.10 Å². The van der Waals surface area contributed by atoms with Gasteiger partial charge in [0.2, 0.25) is 0 Å². The quantitative estimate of drug-likeness (QED) is 0.482. The van der Waals surface area contributed by atoms with Gasteiger partial charge in [0.25, 0.3) is 0 Å². The third kappa shape index (κ3) is 2.84. The van der Waals surface area contributed by atoms with Gasteiger partial charge in [0.05, 0.1) is 6.21 Å². The highest BCUT2D eigenvalue weighted by atomic mass is 32.1. The maximum Gasteiger partial charge on any atom is 0.146 e. The molecule has 0 amide bonds. The van der Waals surface area contributed by atoms with Gasteiger partial charge in [-0.15, -0.1) is 12.6 Å². The molecular weight excluding hydrogens is 218 g/mol. The normalized spacial score (nSPS) is 10.6. The molecule has 0 aliphatic rings. The number of anilines is 1. The molecule has 1 heterocycles. The average molecular weight is 229 g/mol. The van der Waals surface area contributed by atoms with Crippen molar-refractivity contribution in [3.8, 4) is 0 Å². The summed E-state index contributed by atoms with van der Waals surface area (Å²) in [5.41, 5.74) is 3.81. The van der Waals surface area contributed by atoms with Gasteiger partial charge in [0.1, 0.15) is 5.82 Å². The van der Waals surface area contributed by atoms with Crippen LogP contribution in [0.2, 0.25) is 0 Å². The van der Waals surface area contributed by atoms with Gasteiger partial charge in [-0.2, -0.15) is 5.10 Å². The van der Waals surface area contributed by atoms with Crippen LogP contribution in [0.4, 0.5) is 5.82 Å². The zero-order chi connectivity index (χ0) is 11.2. The van der Waals surface area contributed by atoms with Crippen molar-refractivity contribution in [3.05, 3.63) is 54.2 Å². The molecule has 0 fully saturated rings. The molecule has 0 saturated heterocycles. The van der Waals surface area contributed by atoms with Gasteiger partial charge in [0, 0.05) is 16.7 Å². The van der Waals surface area contributed by atoms with E-state index in [1.165, 1.54) is 0 Å². The van der Waals surface area contributed by atoms with Crippen LogP contribution >= 0.6 is 12.6 Å². The Morgan fingerprint density at radius 1 is 1.12 bits per heavy atom. The van der Waals surface area contributed by atoms with Crippen molar-refractivity contribution >= 4 is 24.7 Å². The first-order chi connectivity index (χ1) is 7.86. The summed E-state index contributed by atoms with van der Waals surface area (Å²) in [5, 5.41) is 4.09. The van der Waals surface area contributed by atoms with Gasteiger partial charge in [0.15, 0.2) is 0 Å². The number of thiol groups is 1. The number of hydrogen-bond donors (Lipinski definition) is 2. The summed E-state index contributed by atoms with van der Waals surface area (Å²) in [4.78, 5) is 4.99. The molecule has 0 atom stereocenters. The predicted molar refractivity (Wildman–Crippen MR) is 69.1 cm³/mol. The molecule has 0 saturated carbocycles. The smallest absolute Gasteiger partial charge is 0.146 e. The van der Waals surface area contributed by atoms with E-state index in [0.29, 0.717) is 0 Å². The number of nitrogens with one attached hydrogen (secondary N) is 1. The van der Waals surface area contributed by atoms with E-state index in [1.807, 2.05) is 42.5 Å². The number of pyridine rings is 1. The summed E-state index contributed by atoms with van der Waals surface area (Å²) in [6.07, 6.45) is 3.43. The van der Waals surface area contributed by atoms with Crippen LogP contribution in [0.25, 0.3) is 0 Å². The van der Waals surface area contributed by atoms with Crippen molar-refractivity contribution in [2.75, 3.05) is 5.43 Å². The van der Waals surface area contributed by atoms with E-state index < -0.39 is 0 Å². The Morgan fingerprint density at radius 3 is 2.69 bits per heavy atom. The largest absolute Gasteiger partial charge is 0.261 e. The topological polar surface area (TPSA) is 37.3 Å². The van der Waals surface area contributed by atoms with Crippen molar-refractivity contribution in [2.45, 2.75) is 4.90 Å². The van der Waals surface area contributed by atoms with Crippen molar-refractivity contribution in [1.29, 1.82) is 0 Å². The fourth-order valence-electron chi connectivity index (χ4n) is 1.19. The second-order valence-electron chi connectivity index (χ2n) is 3.14. The molecule has 2 aromatic rings. The maximum absolute atomic E-state index is 4.32. The summed E-state index contributed by atoms with van der Waals surface area (Å²) >= 11 is 4.32. The van der Waals surface area contributed by atoms with Crippen LogP contribution in [0.1, 0.15) is 5.56 Å². The van der Waals surface area contributed by atoms with Crippen LogP contribution in [0.15, 0.2) is 58.7 Å². The molecule has 0 radical (unpaired) electrons. The first-order valence-electron chi connectivity index (χ1n) is 4.84. The Hall–Kier alpha value is -1.81. The summed E-state index contributed by atoms with van der Waals surface area (Å²) < 4.78 is 0. The summed E-state index contributed by atoms with van der Waals surface area (Å²) in [7, 11) is 0. The van der Waals surface area contributed by atoms with E-state index in [4.69, 9.17) is 0 Å². The number of benzene rings is 1. The summed E-state index contributed by atoms with van der Waals surface area (Å²) in [6.45, 7) is 0. The SMILES string of the molecule is Sc1ccccc1/C=N/Nc1ccccn1. The molecule has 0 aliphatic heterocycles. The summed E-state index contributed by atoms with van der Waals surface area (Å²) in [6, 6.07) is 13.4. The van der Waals surface area contributed by atoms with Gasteiger partial charge in [-0.1, -0.05) is 24.3 Å². The molecule has 2 rings (SSSR count). The van der Waals surface area contributed by atoms with Gasteiger partial charge in [-0.25, -0.2) is 4.98 Å². The highest BCUT2D eigenvalue weighted by Gasteiger charge is 1.92. The van der Waals surface area contributed by atoms with Gasteiger partial charge >= 0.3 is 0 Å². The van der Waals surface area contributed by atoms with Crippen LogP contribution < -0.4 is 5.43 Å². The molecule has 0 bridgehead atoms. The first-order valence-corrected chi connectivity index (χ1v) is 5.29. The lowest BCUT2D eigenvalue weighted by Crippen LogP contribution is -1.92. The molecule has 0 unspecified atom stereocenters. The Kier molecular flexibility index (Phi) is 3.56. The zero-order valence-electron chi connectivity index (χ0n) is 8.54. The molecule has 0 aliphatic carbocycles. The Labute approximate surface area is 99.6 Å². The molecule has 1 aromatic carbocycles. The van der Waals surface area contributed by atoms with Gasteiger partial charge in [-0.3, -0.25) is 5.43 Å². The number of nitrogens with zero attached hydrogens (tertiary/aromatic N) is 2. The molecule has 16 heavy (non-hydrogen) atoms. The first kappa shape index (κ1) is 10.7. The number of aromatic nitrogens is 1. The van der Waals surface area contributed by atoms with Crippen molar-refractivity contribution in [3.63, 3.8) is 0 Å². The molecule has 0 spiro atoms. The minimum Gasteiger partial charge on any atom is -0.261 e. The minimum atomic E-state index is 0.718. The van der Waals surface area contributed by atoms with Gasteiger partial charge in [-0.05, 0) is 18.2 Å². The number of rotatable bonds is 3. The molecule has 80 valence electrons. The monoisotopic (exact) mass is 229 g/mol. The molecule has 1 aromatic heterocycles. The number of hydrazone groups is 1. The standard InChI is InChI=1S/C12H11N3S/c16-11-6-2-1-5-10(11)9-14-15-12-7-3-4-8-13-12/h1-9,16H,(H,13,15)/b14-9+. The average Bonchev–Trinajstić information content (AvgIpc) is 2.33. The Balaban J connectivity index is 2.03. The molecule has 4 heteroatoms. The highest BCUT2D eigenvalue weighted by Crippen LogP contribution is 2.10. The fraction of sp³-hybridized carbons (Fsp3) is 0. The van der Waals surface area contributed by atoms with Crippen molar-refractivity contribution in [1.82, 2.24) is 4.98 Å². The fourth-order valence-corrected chi connectivity index (χ4v) is 1.41. The Bertz CT molecular complexity index is 483. The molecule has 1 N–H and O–H groups in total. The summed E-state index contributed by atoms with van der Waals surface area (Å²) in [5.74, 6) is 0.718. The number of hydrogen-bond acceptors (Lipinski definition) is 4.